The van der Waals surface area contributed by atoms with Crippen LogP contribution in [0.4, 0.5) is 0 Å². The Hall–Kier alpha value is -1.36. The molecule has 200 valence electrons. The van der Waals surface area contributed by atoms with Gasteiger partial charge in [0.25, 0.3) is 10.0 Å². The second-order valence-electron chi connectivity index (χ2n) is 13.7. The molecule has 0 bridgehead atoms. The van der Waals surface area contributed by atoms with Crippen molar-refractivity contribution in [2.45, 2.75) is 110 Å². The third-order valence-corrected chi connectivity index (χ3v) is 13.5. The van der Waals surface area contributed by atoms with E-state index in [0.717, 1.165) is 24.2 Å². The van der Waals surface area contributed by atoms with Crippen LogP contribution in [0.5, 0.6) is 0 Å². The van der Waals surface area contributed by atoms with Crippen LogP contribution in [0.3, 0.4) is 0 Å². The molecule has 1 aromatic rings. The van der Waals surface area contributed by atoms with Crippen molar-refractivity contribution in [3.05, 3.63) is 30.3 Å². The maximum atomic E-state index is 12.6. The Labute approximate surface area is 219 Å². The van der Waals surface area contributed by atoms with Crippen LogP contribution in [0, 0.1) is 45.8 Å². The van der Waals surface area contributed by atoms with E-state index in [2.05, 4.69) is 32.4 Å². The Balaban J connectivity index is 1.24. The van der Waals surface area contributed by atoms with Crippen LogP contribution >= 0.6 is 0 Å². The summed E-state index contributed by atoms with van der Waals surface area (Å²) in [6.07, 6.45) is 14.9. The normalized spacial score (nSPS) is 41.0. The summed E-state index contributed by atoms with van der Waals surface area (Å²) in [5.41, 5.74) is 1.33. The minimum atomic E-state index is -3.79. The summed E-state index contributed by atoms with van der Waals surface area (Å²) < 4.78 is 27.4. The Morgan fingerprint density at radius 2 is 1.58 bits per heavy atom. The minimum absolute atomic E-state index is 0.143. The van der Waals surface area contributed by atoms with Gasteiger partial charge in [-0.2, -0.15) is 0 Å². The maximum Gasteiger partial charge on any atom is 0.264 e. The Morgan fingerprint density at radius 1 is 0.889 bits per heavy atom. The van der Waals surface area contributed by atoms with Gasteiger partial charge in [0, 0.05) is 6.42 Å². The summed E-state index contributed by atoms with van der Waals surface area (Å²) in [7, 11) is -3.79. The molecule has 0 aliphatic heterocycles. The average molecular weight is 514 g/mol. The number of nitrogens with one attached hydrogen (secondary N) is 1. The van der Waals surface area contributed by atoms with E-state index in [9.17, 15) is 13.2 Å². The lowest BCUT2D eigenvalue weighted by molar-refractivity contribution is -0.167. The van der Waals surface area contributed by atoms with Crippen LogP contribution in [-0.4, -0.2) is 14.3 Å². The van der Waals surface area contributed by atoms with Crippen molar-refractivity contribution in [3.63, 3.8) is 0 Å². The molecule has 8 atom stereocenters. The van der Waals surface area contributed by atoms with Gasteiger partial charge in [-0.25, -0.2) is 13.1 Å². The summed E-state index contributed by atoms with van der Waals surface area (Å²) in [6.45, 7) is 10.2. The molecule has 1 N–H and O–H groups in total. The number of sulfonamides is 1. The highest BCUT2D eigenvalue weighted by Crippen LogP contribution is 2.73. The van der Waals surface area contributed by atoms with E-state index >= 15 is 0 Å². The average Bonchev–Trinajstić information content (AvgIpc) is 3.21. The van der Waals surface area contributed by atoms with E-state index in [1.807, 2.05) is 0 Å². The maximum absolute atomic E-state index is 12.6. The first kappa shape index (κ1) is 26.3. The highest BCUT2D eigenvalue weighted by molar-refractivity contribution is 7.90. The largest absolute Gasteiger partial charge is 0.274 e. The molecule has 0 saturated heterocycles. The minimum Gasteiger partial charge on any atom is -0.274 e. The predicted molar refractivity (Wildman–Crippen MR) is 145 cm³/mol. The summed E-state index contributed by atoms with van der Waals surface area (Å²) >= 11 is 0. The number of benzene rings is 1. The van der Waals surface area contributed by atoms with Crippen LogP contribution in [0.1, 0.15) is 105 Å². The number of carbonyl (C=O) groups is 1. The SMILES string of the molecule is C[C@H](CCC(=O)NS(=O)(=O)c1ccccc1)[C@H]1CCC2[C@]3(C)CC[C@@H]4CCCC[C@]4(C)C3CC[C@@]21C. The molecule has 5 rings (SSSR count). The predicted octanol–water partition coefficient (Wildman–Crippen LogP) is 7.35. The number of carbonyl (C=O) groups excluding carboxylic acids is 1. The van der Waals surface area contributed by atoms with Gasteiger partial charge in [-0.3, -0.25) is 4.79 Å². The summed E-state index contributed by atoms with van der Waals surface area (Å²) in [6, 6.07) is 8.17. The number of hydrogen-bond acceptors (Lipinski definition) is 3. The molecular weight excluding hydrogens is 466 g/mol. The molecule has 2 unspecified atom stereocenters. The van der Waals surface area contributed by atoms with Crippen LogP contribution in [0.2, 0.25) is 0 Å². The van der Waals surface area contributed by atoms with Crippen LogP contribution in [0.25, 0.3) is 0 Å². The van der Waals surface area contributed by atoms with Crippen LogP contribution in [0.15, 0.2) is 35.2 Å². The smallest absolute Gasteiger partial charge is 0.264 e. The Morgan fingerprint density at radius 3 is 2.33 bits per heavy atom. The molecule has 0 radical (unpaired) electrons. The third-order valence-electron chi connectivity index (χ3n) is 12.1. The Bertz CT molecular complexity index is 1070. The standard InChI is InChI=1S/C31H47NO3S/c1-22(13-16-28(33)32-36(34,35)24-11-6-5-7-12-24)25-14-15-26-30(25,3)21-18-27-29(2)19-9-8-10-23(29)17-20-31(26,27)4/h5-7,11-12,22-23,25-27H,8-10,13-21H2,1-4H3,(H,32,33)/t22-,23+,25-,26?,27?,29+,30-,31+/m1/s1. The van der Waals surface area contributed by atoms with Gasteiger partial charge < -0.3 is 0 Å². The van der Waals surface area contributed by atoms with Crippen molar-refractivity contribution < 1.29 is 13.2 Å². The van der Waals surface area contributed by atoms with E-state index in [1.165, 1.54) is 76.3 Å². The molecule has 4 nitrogen and oxygen atoms in total. The molecule has 1 amide bonds. The van der Waals surface area contributed by atoms with Gasteiger partial charge in [0.2, 0.25) is 5.91 Å². The fraction of sp³-hybridized carbons (Fsp3) is 0.774. The molecule has 0 aromatic heterocycles. The van der Waals surface area contributed by atoms with Gasteiger partial charge in [0.1, 0.15) is 0 Å². The second kappa shape index (κ2) is 9.43. The van der Waals surface area contributed by atoms with E-state index in [4.69, 9.17) is 0 Å². The number of fused-ring (bicyclic) bond motifs is 5. The summed E-state index contributed by atoms with van der Waals surface area (Å²) in [4.78, 5) is 12.8. The zero-order valence-corrected chi connectivity index (χ0v) is 23.7. The van der Waals surface area contributed by atoms with E-state index in [1.54, 1.807) is 18.2 Å². The monoisotopic (exact) mass is 513 g/mol. The molecular formula is C31H47NO3S. The van der Waals surface area contributed by atoms with Crippen molar-refractivity contribution in [2.75, 3.05) is 0 Å². The van der Waals surface area contributed by atoms with Crippen molar-refractivity contribution >= 4 is 15.9 Å². The molecule has 4 aliphatic carbocycles. The van der Waals surface area contributed by atoms with Crippen molar-refractivity contribution in [1.82, 2.24) is 4.72 Å². The topological polar surface area (TPSA) is 63.2 Å². The molecule has 0 spiro atoms. The van der Waals surface area contributed by atoms with Gasteiger partial charge in [0.05, 0.1) is 4.90 Å². The number of hydrogen-bond donors (Lipinski definition) is 1. The second-order valence-corrected chi connectivity index (χ2v) is 15.4. The fourth-order valence-electron chi connectivity index (χ4n) is 10.4. The molecule has 4 aliphatic rings. The Kier molecular flexibility index (Phi) is 6.88. The molecule has 36 heavy (non-hydrogen) atoms. The first-order valence-electron chi connectivity index (χ1n) is 14.6. The quantitative estimate of drug-likeness (QED) is 0.433. The van der Waals surface area contributed by atoms with Crippen molar-refractivity contribution in [2.24, 2.45) is 45.8 Å². The van der Waals surface area contributed by atoms with Crippen molar-refractivity contribution in [1.29, 1.82) is 0 Å². The van der Waals surface area contributed by atoms with E-state index < -0.39 is 10.0 Å². The lowest BCUT2D eigenvalue weighted by Gasteiger charge is -2.66. The van der Waals surface area contributed by atoms with Gasteiger partial charge in [-0.05, 0) is 116 Å². The van der Waals surface area contributed by atoms with Crippen LogP contribution in [-0.2, 0) is 14.8 Å². The summed E-state index contributed by atoms with van der Waals surface area (Å²) in [5, 5.41) is 0. The van der Waals surface area contributed by atoms with Gasteiger partial charge in [-0.1, -0.05) is 58.7 Å². The fourth-order valence-corrected chi connectivity index (χ4v) is 11.4. The molecule has 0 heterocycles. The van der Waals surface area contributed by atoms with Crippen molar-refractivity contribution in [3.8, 4) is 0 Å². The lowest BCUT2D eigenvalue weighted by atomic mass is 9.39. The van der Waals surface area contributed by atoms with Gasteiger partial charge in [0.15, 0.2) is 0 Å². The summed E-state index contributed by atoms with van der Waals surface area (Å²) in [5.74, 6) is 3.25. The molecule has 1 aromatic carbocycles. The molecule has 4 saturated carbocycles. The highest BCUT2D eigenvalue weighted by atomic mass is 32.2. The van der Waals surface area contributed by atoms with E-state index in [-0.39, 0.29) is 17.2 Å². The highest BCUT2D eigenvalue weighted by Gasteiger charge is 2.64. The first-order valence-corrected chi connectivity index (χ1v) is 16.1. The van der Waals surface area contributed by atoms with Crippen LogP contribution < -0.4 is 4.72 Å². The van der Waals surface area contributed by atoms with E-state index in [0.29, 0.717) is 28.1 Å². The number of rotatable bonds is 6. The van der Waals surface area contributed by atoms with Gasteiger partial charge >= 0.3 is 0 Å². The first-order chi connectivity index (χ1) is 17.0. The molecule has 5 heteroatoms. The molecule has 4 fully saturated rings. The lowest BCUT2D eigenvalue weighted by Crippen LogP contribution is -2.58. The number of amides is 1. The zero-order chi connectivity index (χ0) is 25.8. The zero-order valence-electron chi connectivity index (χ0n) is 22.9. The van der Waals surface area contributed by atoms with Gasteiger partial charge in [-0.15, -0.1) is 0 Å². The third kappa shape index (κ3) is 4.25.